The van der Waals surface area contributed by atoms with Crippen molar-refractivity contribution < 1.29 is 4.39 Å². The molecule has 0 radical (unpaired) electrons. The summed E-state index contributed by atoms with van der Waals surface area (Å²) >= 11 is 0. The van der Waals surface area contributed by atoms with E-state index < -0.39 is 0 Å². The van der Waals surface area contributed by atoms with Crippen molar-refractivity contribution in [3.8, 4) is 5.69 Å². The van der Waals surface area contributed by atoms with Gasteiger partial charge in [-0.15, -0.1) is 0 Å². The second-order valence-electron chi connectivity index (χ2n) is 4.56. The predicted octanol–water partition coefficient (Wildman–Crippen LogP) is 3.18. The third-order valence-electron chi connectivity index (χ3n) is 3.06. The first-order valence-corrected chi connectivity index (χ1v) is 6.16. The monoisotopic (exact) mass is 255 g/mol. The Morgan fingerprint density at radius 2 is 1.89 bits per heavy atom. The van der Waals surface area contributed by atoms with Gasteiger partial charge in [-0.2, -0.15) is 0 Å². The van der Waals surface area contributed by atoms with Gasteiger partial charge in [0.15, 0.2) is 0 Å². The highest BCUT2D eigenvalue weighted by molar-refractivity contribution is 5.78. The van der Waals surface area contributed by atoms with Crippen LogP contribution in [0.4, 0.5) is 4.39 Å². The van der Waals surface area contributed by atoms with Gasteiger partial charge in [-0.3, -0.25) is 4.57 Å². The van der Waals surface area contributed by atoms with Crippen molar-refractivity contribution in [2.45, 2.75) is 13.0 Å². The fourth-order valence-corrected chi connectivity index (χ4v) is 2.22. The highest BCUT2D eigenvalue weighted by Gasteiger charge is 2.15. The number of nitrogens with zero attached hydrogens (tertiary/aromatic N) is 2. The minimum Gasteiger partial charge on any atom is -0.322 e. The van der Waals surface area contributed by atoms with Gasteiger partial charge in [-0.05, 0) is 31.2 Å². The molecule has 1 heterocycles. The summed E-state index contributed by atoms with van der Waals surface area (Å²) in [5.74, 6) is 0.451. The van der Waals surface area contributed by atoms with Crippen LogP contribution in [-0.2, 0) is 0 Å². The van der Waals surface area contributed by atoms with E-state index in [-0.39, 0.29) is 11.9 Å². The molecule has 0 spiro atoms. The SMILES string of the molecule is CC(N)c1nc2ccc(F)cc2n1-c1ccccc1. The van der Waals surface area contributed by atoms with Crippen LogP contribution in [0.25, 0.3) is 16.7 Å². The van der Waals surface area contributed by atoms with Crippen LogP contribution in [0.1, 0.15) is 18.8 Å². The minimum absolute atomic E-state index is 0.226. The Morgan fingerprint density at radius 1 is 1.16 bits per heavy atom. The van der Waals surface area contributed by atoms with E-state index in [1.807, 2.05) is 41.8 Å². The maximum absolute atomic E-state index is 13.5. The molecule has 3 aromatic rings. The lowest BCUT2D eigenvalue weighted by atomic mass is 10.2. The number of halogens is 1. The molecule has 0 aliphatic rings. The van der Waals surface area contributed by atoms with Crippen LogP contribution in [0.3, 0.4) is 0 Å². The number of hydrogen-bond acceptors (Lipinski definition) is 2. The molecule has 3 nitrogen and oxygen atoms in total. The molecule has 2 N–H and O–H groups in total. The van der Waals surface area contributed by atoms with Crippen LogP contribution in [0.15, 0.2) is 48.5 Å². The van der Waals surface area contributed by atoms with Crippen molar-refractivity contribution in [2.24, 2.45) is 5.73 Å². The number of hydrogen-bond donors (Lipinski definition) is 1. The zero-order chi connectivity index (χ0) is 13.4. The van der Waals surface area contributed by atoms with Gasteiger partial charge in [0.05, 0.1) is 17.1 Å². The van der Waals surface area contributed by atoms with Crippen molar-refractivity contribution in [1.29, 1.82) is 0 Å². The Hall–Kier alpha value is -2.20. The smallest absolute Gasteiger partial charge is 0.131 e. The van der Waals surface area contributed by atoms with Gasteiger partial charge in [-0.1, -0.05) is 18.2 Å². The molecular formula is C15H14FN3. The van der Waals surface area contributed by atoms with Crippen LogP contribution in [0.2, 0.25) is 0 Å². The van der Waals surface area contributed by atoms with E-state index in [0.717, 1.165) is 22.5 Å². The van der Waals surface area contributed by atoms with E-state index >= 15 is 0 Å². The van der Waals surface area contributed by atoms with Crippen LogP contribution in [0.5, 0.6) is 0 Å². The molecule has 96 valence electrons. The zero-order valence-corrected chi connectivity index (χ0v) is 10.5. The Balaban J connectivity index is 2.36. The second-order valence-corrected chi connectivity index (χ2v) is 4.56. The Kier molecular flexibility index (Phi) is 2.80. The second kappa shape index (κ2) is 4.48. The summed E-state index contributed by atoms with van der Waals surface area (Å²) < 4.78 is 15.4. The zero-order valence-electron chi connectivity index (χ0n) is 10.5. The quantitative estimate of drug-likeness (QED) is 0.764. The van der Waals surface area contributed by atoms with Gasteiger partial charge in [0.25, 0.3) is 0 Å². The maximum Gasteiger partial charge on any atom is 0.131 e. The first kappa shape index (κ1) is 11.9. The summed E-state index contributed by atoms with van der Waals surface area (Å²) in [5.41, 5.74) is 8.39. The summed E-state index contributed by atoms with van der Waals surface area (Å²) in [5, 5.41) is 0. The molecule has 0 amide bonds. The first-order chi connectivity index (χ1) is 9.16. The topological polar surface area (TPSA) is 43.8 Å². The standard InChI is InChI=1S/C15H14FN3/c1-10(17)15-18-13-8-7-11(16)9-14(13)19(15)12-5-3-2-4-6-12/h2-10H,17H2,1H3. The van der Waals surface area contributed by atoms with Gasteiger partial charge in [-0.25, -0.2) is 9.37 Å². The molecule has 0 aliphatic carbocycles. The van der Waals surface area contributed by atoms with Gasteiger partial charge in [0.2, 0.25) is 0 Å². The lowest BCUT2D eigenvalue weighted by Crippen LogP contribution is -2.12. The molecule has 19 heavy (non-hydrogen) atoms. The van der Waals surface area contributed by atoms with Crippen molar-refractivity contribution >= 4 is 11.0 Å². The van der Waals surface area contributed by atoms with E-state index in [1.54, 1.807) is 6.07 Å². The Bertz CT molecular complexity index is 717. The molecular weight excluding hydrogens is 241 g/mol. The lowest BCUT2D eigenvalue weighted by Gasteiger charge is -2.11. The highest BCUT2D eigenvalue weighted by Crippen LogP contribution is 2.24. The minimum atomic E-state index is -0.277. The molecule has 2 aromatic carbocycles. The third kappa shape index (κ3) is 2.00. The third-order valence-corrected chi connectivity index (χ3v) is 3.06. The summed E-state index contributed by atoms with van der Waals surface area (Å²) in [6.45, 7) is 1.87. The Labute approximate surface area is 110 Å². The summed E-state index contributed by atoms with van der Waals surface area (Å²) in [4.78, 5) is 4.50. The van der Waals surface area contributed by atoms with Crippen molar-refractivity contribution in [3.63, 3.8) is 0 Å². The van der Waals surface area contributed by atoms with Crippen LogP contribution in [-0.4, -0.2) is 9.55 Å². The van der Waals surface area contributed by atoms with Gasteiger partial charge < -0.3 is 5.73 Å². The summed E-state index contributed by atoms with van der Waals surface area (Å²) in [7, 11) is 0. The van der Waals surface area contributed by atoms with E-state index in [0.29, 0.717) is 0 Å². The summed E-state index contributed by atoms with van der Waals surface area (Å²) in [6.07, 6.45) is 0. The van der Waals surface area contributed by atoms with Crippen LogP contribution >= 0.6 is 0 Å². The molecule has 0 saturated carbocycles. The van der Waals surface area contributed by atoms with Gasteiger partial charge in [0.1, 0.15) is 11.6 Å². The molecule has 0 saturated heterocycles. The number of imidazole rings is 1. The largest absolute Gasteiger partial charge is 0.322 e. The molecule has 4 heteroatoms. The van der Waals surface area contributed by atoms with E-state index in [9.17, 15) is 4.39 Å². The first-order valence-electron chi connectivity index (χ1n) is 6.16. The molecule has 0 fully saturated rings. The fourth-order valence-electron chi connectivity index (χ4n) is 2.22. The summed E-state index contributed by atoms with van der Waals surface area (Å²) in [6, 6.07) is 14.1. The average Bonchev–Trinajstić information content (AvgIpc) is 2.78. The molecule has 1 unspecified atom stereocenters. The van der Waals surface area contributed by atoms with E-state index in [4.69, 9.17) is 5.73 Å². The molecule has 0 aliphatic heterocycles. The number of benzene rings is 2. The molecule has 0 bridgehead atoms. The van der Waals surface area contributed by atoms with E-state index in [1.165, 1.54) is 12.1 Å². The number of aromatic nitrogens is 2. The van der Waals surface area contributed by atoms with Crippen molar-refractivity contribution in [3.05, 3.63) is 60.2 Å². The van der Waals surface area contributed by atoms with Crippen molar-refractivity contribution in [1.82, 2.24) is 9.55 Å². The number of nitrogens with two attached hydrogens (primary N) is 1. The van der Waals surface area contributed by atoms with Crippen LogP contribution < -0.4 is 5.73 Å². The van der Waals surface area contributed by atoms with E-state index in [2.05, 4.69) is 4.98 Å². The molecule has 1 atom stereocenters. The predicted molar refractivity (Wildman–Crippen MR) is 73.6 cm³/mol. The molecule has 1 aromatic heterocycles. The number of fused-ring (bicyclic) bond motifs is 1. The normalized spacial score (nSPS) is 12.8. The highest BCUT2D eigenvalue weighted by atomic mass is 19.1. The average molecular weight is 255 g/mol. The Morgan fingerprint density at radius 3 is 2.58 bits per heavy atom. The van der Waals surface area contributed by atoms with Gasteiger partial charge in [0, 0.05) is 11.8 Å². The van der Waals surface area contributed by atoms with Crippen molar-refractivity contribution in [2.75, 3.05) is 0 Å². The lowest BCUT2D eigenvalue weighted by molar-refractivity contribution is 0.629. The maximum atomic E-state index is 13.5. The number of para-hydroxylation sites is 1. The van der Waals surface area contributed by atoms with Gasteiger partial charge >= 0.3 is 0 Å². The number of rotatable bonds is 2. The van der Waals surface area contributed by atoms with Crippen LogP contribution in [0, 0.1) is 5.82 Å². The molecule has 3 rings (SSSR count). The fraction of sp³-hybridized carbons (Fsp3) is 0.133.